The number of aliphatic hydroxyl groups is 2. The van der Waals surface area contributed by atoms with E-state index < -0.39 is 12.1 Å². The van der Waals surface area contributed by atoms with Crippen molar-refractivity contribution in [2.75, 3.05) is 13.2 Å². The summed E-state index contributed by atoms with van der Waals surface area (Å²) in [6.45, 7) is 4.94. The molecule has 0 saturated heterocycles. The quantitative estimate of drug-likeness (QED) is 0.0320. The maximum Gasteiger partial charge on any atom is 0.305 e. The van der Waals surface area contributed by atoms with Gasteiger partial charge in [0, 0.05) is 12.8 Å². The minimum absolute atomic E-state index is 0.00832. The van der Waals surface area contributed by atoms with Gasteiger partial charge in [-0.2, -0.15) is 0 Å². The minimum Gasteiger partial charge on any atom is -0.466 e. The Labute approximate surface area is 469 Å². The van der Waals surface area contributed by atoms with Crippen LogP contribution in [0.4, 0.5) is 0 Å². The van der Waals surface area contributed by atoms with Crippen molar-refractivity contribution in [3.63, 3.8) is 0 Å². The van der Waals surface area contributed by atoms with Crippen molar-refractivity contribution in [3.05, 3.63) is 12.2 Å². The summed E-state index contributed by atoms with van der Waals surface area (Å²) < 4.78 is 5.51. The fourth-order valence-corrected chi connectivity index (χ4v) is 11.1. The van der Waals surface area contributed by atoms with Gasteiger partial charge in [-0.1, -0.05) is 360 Å². The van der Waals surface area contributed by atoms with E-state index in [1.807, 2.05) is 6.08 Å². The van der Waals surface area contributed by atoms with Crippen LogP contribution in [-0.4, -0.2) is 47.4 Å². The van der Waals surface area contributed by atoms with E-state index in [-0.39, 0.29) is 18.5 Å². The summed E-state index contributed by atoms with van der Waals surface area (Å²) >= 11 is 0. The van der Waals surface area contributed by atoms with E-state index in [2.05, 4.69) is 19.2 Å². The van der Waals surface area contributed by atoms with Gasteiger partial charge in [0.05, 0.1) is 25.4 Å². The molecule has 6 nitrogen and oxygen atoms in total. The molecule has 0 spiro atoms. The van der Waals surface area contributed by atoms with E-state index in [4.69, 9.17) is 4.74 Å². The molecule has 75 heavy (non-hydrogen) atoms. The van der Waals surface area contributed by atoms with Gasteiger partial charge in [-0.25, -0.2) is 0 Å². The molecule has 2 atom stereocenters. The predicted molar refractivity (Wildman–Crippen MR) is 329 cm³/mol. The van der Waals surface area contributed by atoms with Gasteiger partial charge < -0.3 is 20.3 Å². The lowest BCUT2D eigenvalue weighted by atomic mass is 10.0. The van der Waals surface area contributed by atoms with Crippen molar-refractivity contribution in [3.8, 4) is 0 Å². The molecular weight excluding hydrogens is 923 g/mol. The first kappa shape index (κ1) is 73.6. The third kappa shape index (κ3) is 61.7. The molecule has 0 aromatic heterocycles. The Hall–Kier alpha value is -1.40. The third-order valence-corrected chi connectivity index (χ3v) is 16.3. The molecule has 2 unspecified atom stereocenters. The molecule has 446 valence electrons. The second-order valence-electron chi connectivity index (χ2n) is 23.9. The zero-order valence-electron chi connectivity index (χ0n) is 51.1. The molecule has 0 saturated carbocycles. The summed E-state index contributed by atoms with van der Waals surface area (Å²) in [7, 11) is 0. The lowest BCUT2D eigenvalue weighted by Crippen LogP contribution is -2.45. The van der Waals surface area contributed by atoms with Crippen molar-refractivity contribution in [1.82, 2.24) is 5.32 Å². The van der Waals surface area contributed by atoms with E-state index in [1.54, 1.807) is 6.08 Å². The summed E-state index contributed by atoms with van der Waals surface area (Å²) in [5.41, 5.74) is 0. The van der Waals surface area contributed by atoms with Crippen LogP contribution >= 0.6 is 0 Å². The number of carbonyl (C=O) groups is 2. The van der Waals surface area contributed by atoms with Crippen molar-refractivity contribution in [2.24, 2.45) is 0 Å². The number of carbonyl (C=O) groups excluding carboxylic acids is 2. The Morgan fingerprint density at radius 3 is 0.907 bits per heavy atom. The Bertz CT molecular complexity index is 1130. The van der Waals surface area contributed by atoms with E-state index in [9.17, 15) is 19.8 Å². The van der Waals surface area contributed by atoms with Crippen LogP contribution in [0.2, 0.25) is 0 Å². The molecular formula is C69H135NO5. The van der Waals surface area contributed by atoms with E-state index in [0.717, 1.165) is 38.5 Å². The number of nitrogens with one attached hydrogen (secondary N) is 1. The molecule has 0 bridgehead atoms. The first-order valence-electron chi connectivity index (χ1n) is 34.5. The molecule has 0 aliphatic rings. The fourth-order valence-electron chi connectivity index (χ4n) is 11.1. The standard InChI is InChI=1S/C69H135NO5/c1-3-5-7-9-11-13-15-17-19-21-23-24-25-26-28-29-33-37-41-45-49-53-57-61-67(72)66(65-71)70-68(73)62-58-54-50-46-42-38-34-31-32-36-40-44-48-52-56-60-64-75-69(74)63-59-55-51-47-43-39-35-30-27-22-20-18-16-14-12-10-8-6-4-2/h57,61,66-67,71-72H,3-56,58-60,62-65H2,1-2H3,(H,70,73)/b61-57+. The van der Waals surface area contributed by atoms with Crippen LogP contribution in [-0.2, 0) is 14.3 Å². The molecule has 0 aromatic rings. The highest BCUT2D eigenvalue weighted by atomic mass is 16.5. The number of hydrogen-bond acceptors (Lipinski definition) is 5. The minimum atomic E-state index is -0.850. The molecule has 1 amide bonds. The van der Waals surface area contributed by atoms with Crippen molar-refractivity contribution in [1.29, 1.82) is 0 Å². The number of hydrogen-bond donors (Lipinski definition) is 3. The molecule has 0 fully saturated rings. The highest BCUT2D eigenvalue weighted by molar-refractivity contribution is 5.76. The number of esters is 1. The summed E-state index contributed by atoms with van der Waals surface area (Å²) in [5, 5.41) is 23.3. The van der Waals surface area contributed by atoms with Crippen LogP contribution < -0.4 is 5.32 Å². The van der Waals surface area contributed by atoms with Crippen molar-refractivity contribution >= 4 is 11.9 Å². The fraction of sp³-hybridized carbons (Fsp3) is 0.942. The van der Waals surface area contributed by atoms with Gasteiger partial charge in [0.2, 0.25) is 5.91 Å². The van der Waals surface area contributed by atoms with Crippen molar-refractivity contribution < 1.29 is 24.5 Å². The number of allylic oxidation sites excluding steroid dienone is 1. The van der Waals surface area contributed by atoms with Crippen LogP contribution in [0.3, 0.4) is 0 Å². The number of ether oxygens (including phenoxy) is 1. The van der Waals surface area contributed by atoms with Crippen LogP contribution in [0, 0.1) is 0 Å². The van der Waals surface area contributed by atoms with Gasteiger partial charge in [0.1, 0.15) is 0 Å². The number of rotatable bonds is 65. The lowest BCUT2D eigenvalue weighted by Gasteiger charge is -2.20. The number of aliphatic hydroxyl groups excluding tert-OH is 2. The Kier molecular flexibility index (Phi) is 63.9. The van der Waals surface area contributed by atoms with Crippen molar-refractivity contribution in [2.45, 2.75) is 405 Å². The highest BCUT2D eigenvalue weighted by Gasteiger charge is 2.18. The molecule has 0 heterocycles. The smallest absolute Gasteiger partial charge is 0.305 e. The van der Waals surface area contributed by atoms with Gasteiger partial charge in [-0.3, -0.25) is 9.59 Å². The molecule has 3 N–H and O–H groups in total. The van der Waals surface area contributed by atoms with E-state index in [0.29, 0.717) is 19.4 Å². The first-order chi connectivity index (χ1) is 37.0. The molecule has 0 aliphatic heterocycles. The number of unbranched alkanes of at least 4 members (excludes halogenated alkanes) is 54. The van der Waals surface area contributed by atoms with Gasteiger partial charge in [0.25, 0.3) is 0 Å². The summed E-state index contributed by atoms with van der Waals surface area (Å²) in [5.74, 6) is -0.0614. The number of amides is 1. The second kappa shape index (κ2) is 65.1. The average Bonchev–Trinajstić information content (AvgIpc) is 3.41. The third-order valence-electron chi connectivity index (χ3n) is 16.3. The van der Waals surface area contributed by atoms with Gasteiger partial charge in [0.15, 0.2) is 0 Å². The van der Waals surface area contributed by atoms with Crippen LogP contribution in [0.1, 0.15) is 393 Å². The van der Waals surface area contributed by atoms with Gasteiger partial charge >= 0.3 is 5.97 Å². The molecule has 0 aliphatic carbocycles. The molecule has 0 rings (SSSR count). The summed E-state index contributed by atoms with van der Waals surface area (Å²) in [6, 6.07) is -0.634. The first-order valence-corrected chi connectivity index (χ1v) is 34.5. The average molecular weight is 1060 g/mol. The summed E-state index contributed by atoms with van der Waals surface area (Å²) in [6.07, 6.45) is 79.9. The zero-order valence-corrected chi connectivity index (χ0v) is 51.1. The zero-order chi connectivity index (χ0) is 54.3. The molecule has 0 radical (unpaired) electrons. The normalized spacial score (nSPS) is 12.5. The topological polar surface area (TPSA) is 95.9 Å². The molecule has 0 aromatic carbocycles. The molecule has 6 heteroatoms. The predicted octanol–water partition coefficient (Wildman–Crippen LogP) is 22.0. The highest BCUT2D eigenvalue weighted by Crippen LogP contribution is 2.19. The Morgan fingerprint density at radius 1 is 0.360 bits per heavy atom. The Balaban J connectivity index is 3.42. The second-order valence-corrected chi connectivity index (χ2v) is 23.9. The van der Waals surface area contributed by atoms with E-state index in [1.165, 1.54) is 327 Å². The van der Waals surface area contributed by atoms with Crippen LogP contribution in [0.15, 0.2) is 12.2 Å². The summed E-state index contributed by atoms with van der Waals surface area (Å²) in [4.78, 5) is 24.6. The van der Waals surface area contributed by atoms with Gasteiger partial charge in [-0.05, 0) is 32.1 Å². The maximum atomic E-state index is 12.5. The van der Waals surface area contributed by atoms with Crippen LogP contribution in [0.25, 0.3) is 0 Å². The lowest BCUT2D eigenvalue weighted by molar-refractivity contribution is -0.143. The van der Waals surface area contributed by atoms with Crippen LogP contribution in [0.5, 0.6) is 0 Å². The Morgan fingerprint density at radius 2 is 0.613 bits per heavy atom. The van der Waals surface area contributed by atoms with Gasteiger partial charge in [-0.15, -0.1) is 0 Å². The largest absolute Gasteiger partial charge is 0.466 e. The maximum absolute atomic E-state index is 12.5. The monoisotopic (exact) mass is 1060 g/mol. The van der Waals surface area contributed by atoms with E-state index >= 15 is 0 Å². The SMILES string of the molecule is CCCCCCCCCCCCCCCCCCCCCCC/C=C/C(O)C(CO)NC(=O)CCCCCCCCCCCCCCCCCCOC(=O)CCCCCCCCCCCCCCCCCCCCC.